The van der Waals surface area contributed by atoms with Crippen LogP contribution in [-0.2, 0) is 4.74 Å². The van der Waals surface area contributed by atoms with Gasteiger partial charge in [-0.25, -0.2) is 4.79 Å². The molecule has 0 fully saturated rings. The summed E-state index contributed by atoms with van der Waals surface area (Å²) in [6, 6.07) is 0. The summed E-state index contributed by atoms with van der Waals surface area (Å²) < 4.78 is 5.92. The van der Waals surface area contributed by atoms with Gasteiger partial charge >= 0.3 is 5.97 Å². The molecular formula is C8H9N5O2S. The van der Waals surface area contributed by atoms with Crippen LogP contribution in [-0.4, -0.2) is 33.1 Å². The number of nitrogens with zero attached hydrogens (tertiary/aromatic N) is 4. The number of nitrogens with two attached hydrogens (primary N) is 1. The Kier molecular flexibility index (Phi) is 2.57. The third kappa shape index (κ3) is 1.63. The Morgan fingerprint density at radius 2 is 2.31 bits per heavy atom. The minimum atomic E-state index is -0.523. The van der Waals surface area contributed by atoms with Crippen LogP contribution in [0, 0.1) is 6.92 Å². The molecule has 0 saturated heterocycles. The molecular weight excluding hydrogens is 230 g/mol. The molecule has 0 aliphatic heterocycles. The number of carbonyl (C=O) groups is 1. The summed E-state index contributed by atoms with van der Waals surface area (Å²) in [5.74, 6) is -0.326. The molecule has 0 spiro atoms. The van der Waals surface area contributed by atoms with Gasteiger partial charge < -0.3 is 10.5 Å². The van der Waals surface area contributed by atoms with Crippen molar-refractivity contribution in [1.82, 2.24) is 20.0 Å². The SMILES string of the molecule is COC(=O)c1cnn(-c2nnc(C)s2)c1N. The Labute approximate surface area is 94.9 Å². The number of esters is 1. The van der Waals surface area contributed by atoms with Crippen LogP contribution in [0.15, 0.2) is 6.20 Å². The zero-order chi connectivity index (χ0) is 11.7. The topological polar surface area (TPSA) is 95.9 Å². The minimum Gasteiger partial charge on any atom is -0.465 e. The van der Waals surface area contributed by atoms with E-state index in [1.165, 1.54) is 29.3 Å². The van der Waals surface area contributed by atoms with Crippen LogP contribution in [0.2, 0.25) is 0 Å². The largest absolute Gasteiger partial charge is 0.465 e. The van der Waals surface area contributed by atoms with Crippen molar-refractivity contribution in [3.8, 4) is 5.13 Å². The Hall–Kier alpha value is -1.96. The van der Waals surface area contributed by atoms with Gasteiger partial charge in [-0.2, -0.15) is 9.78 Å². The molecule has 0 amide bonds. The molecule has 0 atom stereocenters. The monoisotopic (exact) mass is 239 g/mol. The number of ether oxygens (including phenoxy) is 1. The van der Waals surface area contributed by atoms with Gasteiger partial charge in [0.1, 0.15) is 16.4 Å². The highest BCUT2D eigenvalue weighted by Gasteiger charge is 2.18. The minimum absolute atomic E-state index is 0.197. The number of aromatic nitrogens is 4. The number of carbonyl (C=O) groups excluding carboxylic acids is 1. The quantitative estimate of drug-likeness (QED) is 0.762. The molecule has 0 bridgehead atoms. The summed E-state index contributed by atoms with van der Waals surface area (Å²) in [4.78, 5) is 11.3. The molecule has 84 valence electrons. The molecule has 2 aromatic heterocycles. The Morgan fingerprint density at radius 3 is 2.88 bits per heavy atom. The van der Waals surface area contributed by atoms with E-state index in [1.807, 2.05) is 6.92 Å². The maximum Gasteiger partial charge on any atom is 0.343 e. The van der Waals surface area contributed by atoms with Crippen molar-refractivity contribution < 1.29 is 9.53 Å². The second kappa shape index (κ2) is 3.89. The number of hydrogen-bond donors (Lipinski definition) is 1. The van der Waals surface area contributed by atoms with Gasteiger partial charge in [0.15, 0.2) is 0 Å². The molecule has 0 aliphatic rings. The molecule has 0 saturated carbocycles. The fourth-order valence-corrected chi connectivity index (χ4v) is 1.81. The summed E-state index contributed by atoms with van der Waals surface area (Å²) in [6.07, 6.45) is 1.35. The van der Waals surface area contributed by atoms with E-state index in [4.69, 9.17) is 5.73 Å². The van der Waals surface area contributed by atoms with E-state index < -0.39 is 5.97 Å². The Balaban J connectivity index is 2.44. The van der Waals surface area contributed by atoms with Crippen molar-refractivity contribution >= 4 is 23.1 Å². The first-order chi connectivity index (χ1) is 7.63. The van der Waals surface area contributed by atoms with Crippen LogP contribution in [0.3, 0.4) is 0 Å². The first-order valence-electron chi connectivity index (χ1n) is 4.35. The maximum atomic E-state index is 11.3. The molecule has 0 radical (unpaired) electrons. The second-order valence-electron chi connectivity index (χ2n) is 2.95. The number of aryl methyl sites for hydroxylation is 1. The zero-order valence-electron chi connectivity index (χ0n) is 8.67. The lowest BCUT2D eigenvalue weighted by Gasteiger charge is -1.99. The van der Waals surface area contributed by atoms with Gasteiger partial charge in [-0.15, -0.1) is 10.2 Å². The highest BCUT2D eigenvalue weighted by atomic mass is 32.1. The first kappa shape index (κ1) is 10.6. The van der Waals surface area contributed by atoms with E-state index in [9.17, 15) is 4.79 Å². The van der Waals surface area contributed by atoms with Gasteiger partial charge in [0.25, 0.3) is 0 Å². The molecule has 16 heavy (non-hydrogen) atoms. The molecule has 2 rings (SSSR count). The summed E-state index contributed by atoms with van der Waals surface area (Å²) in [6.45, 7) is 1.82. The van der Waals surface area contributed by atoms with Crippen molar-refractivity contribution in [3.63, 3.8) is 0 Å². The fourth-order valence-electron chi connectivity index (χ4n) is 1.15. The lowest BCUT2D eigenvalue weighted by molar-refractivity contribution is 0.0602. The second-order valence-corrected chi connectivity index (χ2v) is 4.11. The third-order valence-electron chi connectivity index (χ3n) is 1.91. The molecule has 7 nitrogen and oxygen atoms in total. The first-order valence-corrected chi connectivity index (χ1v) is 5.17. The number of rotatable bonds is 2. The molecule has 0 unspecified atom stereocenters. The van der Waals surface area contributed by atoms with Crippen molar-refractivity contribution in [2.24, 2.45) is 0 Å². The van der Waals surface area contributed by atoms with Crippen LogP contribution >= 0.6 is 11.3 Å². The van der Waals surface area contributed by atoms with Gasteiger partial charge in [0.05, 0.1) is 13.3 Å². The van der Waals surface area contributed by atoms with Crippen LogP contribution in [0.1, 0.15) is 15.4 Å². The number of hydrogen-bond acceptors (Lipinski definition) is 7. The number of anilines is 1. The average molecular weight is 239 g/mol. The van der Waals surface area contributed by atoms with Gasteiger partial charge in [0.2, 0.25) is 5.13 Å². The number of methoxy groups -OCH3 is 1. The third-order valence-corrected chi connectivity index (χ3v) is 2.72. The molecule has 0 aromatic carbocycles. The van der Waals surface area contributed by atoms with Crippen LogP contribution < -0.4 is 5.73 Å². The van der Waals surface area contributed by atoms with E-state index in [0.29, 0.717) is 5.13 Å². The summed E-state index contributed by atoms with van der Waals surface area (Å²) in [5.41, 5.74) is 5.98. The number of nitrogen functional groups attached to an aromatic ring is 1. The van der Waals surface area contributed by atoms with Crippen LogP contribution in [0.25, 0.3) is 5.13 Å². The van der Waals surface area contributed by atoms with Gasteiger partial charge in [-0.1, -0.05) is 11.3 Å². The predicted molar refractivity (Wildman–Crippen MR) is 57.5 cm³/mol. The van der Waals surface area contributed by atoms with Crippen molar-refractivity contribution in [1.29, 1.82) is 0 Å². The van der Waals surface area contributed by atoms with E-state index in [-0.39, 0.29) is 11.4 Å². The zero-order valence-corrected chi connectivity index (χ0v) is 9.48. The van der Waals surface area contributed by atoms with E-state index in [0.717, 1.165) is 5.01 Å². The van der Waals surface area contributed by atoms with Crippen LogP contribution in [0.5, 0.6) is 0 Å². The predicted octanol–water partition coefficient (Wildman–Crippen LogP) is 0.401. The van der Waals surface area contributed by atoms with Crippen molar-refractivity contribution in [2.75, 3.05) is 12.8 Å². The van der Waals surface area contributed by atoms with E-state index in [2.05, 4.69) is 20.0 Å². The molecule has 8 heteroatoms. The van der Waals surface area contributed by atoms with Gasteiger partial charge in [-0.3, -0.25) is 0 Å². The van der Waals surface area contributed by atoms with Crippen molar-refractivity contribution in [2.45, 2.75) is 6.92 Å². The molecule has 0 aliphatic carbocycles. The van der Waals surface area contributed by atoms with Gasteiger partial charge in [-0.05, 0) is 6.92 Å². The van der Waals surface area contributed by atoms with Crippen LogP contribution in [0.4, 0.5) is 5.82 Å². The standard InChI is InChI=1S/C8H9N5O2S/c1-4-11-12-8(16-4)13-6(9)5(3-10-13)7(14)15-2/h3H,9H2,1-2H3. The normalized spacial score (nSPS) is 10.4. The lowest BCUT2D eigenvalue weighted by Crippen LogP contribution is -2.07. The Bertz CT molecular complexity index is 532. The smallest absolute Gasteiger partial charge is 0.343 e. The highest BCUT2D eigenvalue weighted by Crippen LogP contribution is 2.20. The van der Waals surface area contributed by atoms with E-state index in [1.54, 1.807) is 0 Å². The lowest BCUT2D eigenvalue weighted by atomic mass is 10.3. The summed E-state index contributed by atoms with van der Waals surface area (Å²) in [7, 11) is 1.29. The van der Waals surface area contributed by atoms with Crippen molar-refractivity contribution in [3.05, 3.63) is 16.8 Å². The summed E-state index contributed by atoms with van der Waals surface area (Å²) in [5, 5.41) is 13.0. The highest BCUT2D eigenvalue weighted by molar-refractivity contribution is 7.13. The molecule has 2 N–H and O–H groups in total. The van der Waals surface area contributed by atoms with Gasteiger partial charge in [0, 0.05) is 0 Å². The van der Waals surface area contributed by atoms with E-state index >= 15 is 0 Å². The summed E-state index contributed by atoms with van der Waals surface area (Å²) >= 11 is 1.33. The maximum absolute atomic E-state index is 11.3. The molecule has 2 aromatic rings. The fraction of sp³-hybridized carbons (Fsp3) is 0.250. The average Bonchev–Trinajstić information content (AvgIpc) is 2.83. The molecule has 2 heterocycles. The Morgan fingerprint density at radius 1 is 1.56 bits per heavy atom.